The van der Waals surface area contributed by atoms with Crippen LogP contribution in [0.4, 0.5) is 0 Å². The molecule has 2 aliphatic rings. The Bertz CT molecular complexity index is 504. The minimum Gasteiger partial charge on any atom is -0.396 e. The van der Waals surface area contributed by atoms with Gasteiger partial charge in [-0.3, -0.25) is 4.79 Å². The van der Waals surface area contributed by atoms with Crippen LogP contribution in [0.5, 0.6) is 0 Å². The van der Waals surface area contributed by atoms with Gasteiger partial charge in [0, 0.05) is 31.5 Å². The number of ether oxygens (including phenoxy) is 1. The second-order valence-electron chi connectivity index (χ2n) is 6.67. The molecule has 0 bridgehead atoms. The first kappa shape index (κ1) is 15.5. The summed E-state index contributed by atoms with van der Waals surface area (Å²) in [5.74, 6) is 0.613. The lowest BCUT2D eigenvalue weighted by Crippen LogP contribution is -2.43. The molecule has 0 aromatic heterocycles. The molecule has 0 saturated carbocycles. The van der Waals surface area contributed by atoms with Crippen LogP contribution in [0.1, 0.15) is 24.8 Å². The number of carbonyl (C=O) groups excluding carboxylic acids is 1. The lowest BCUT2D eigenvalue weighted by molar-refractivity contribution is -0.131. The van der Waals surface area contributed by atoms with E-state index in [4.69, 9.17) is 4.74 Å². The average Bonchev–Trinajstić information content (AvgIpc) is 2.96. The summed E-state index contributed by atoms with van der Waals surface area (Å²) in [6, 6.07) is 10.3. The van der Waals surface area contributed by atoms with Gasteiger partial charge in [-0.2, -0.15) is 0 Å². The molecule has 4 nitrogen and oxygen atoms in total. The molecule has 2 fully saturated rings. The van der Waals surface area contributed by atoms with E-state index < -0.39 is 0 Å². The highest BCUT2D eigenvalue weighted by atomic mass is 16.5. The first-order valence-corrected chi connectivity index (χ1v) is 8.24. The smallest absolute Gasteiger partial charge is 0.222 e. The molecule has 3 rings (SSSR count). The molecule has 1 N–H and O–H groups in total. The number of aliphatic hydroxyl groups is 1. The second-order valence-corrected chi connectivity index (χ2v) is 6.67. The first-order chi connectivity index (χ1) is 10.7. The zero-order valence-corrected chi connectivity index (χ0v) is 13.0. The van der Waals surface area contributed by atoms with Crippen molar-refractivity contribution < 1.29 is 14.6 Å². The van der Waals surface area contributed by atoms with Crippen molar-refractivity contribution in [1.82, 2.24) is 4.90 Å². The van der Waals surface area contributed by atoms with Gasteiger partial charge in [0.05, 0.1) is 13.2 Å². The molecule has 0 unspecified atom stereocenters. The summed E-state index contributed by atoms with van der Waals surface area (Å²) in [6.07, 6.45) is 3.36. The zero-order valence-electron chi connectivity index (χ0n) is 13.0. The van der Waals surface area contributed by atoms with Crippen molar-refractivity contribution in [3.05, 3.63) is 35.9 Å². The van der Waals surface area contributed by atoms with Crippen molar-refractivity contribution in [3.63, 3.8) is 0 Å². The van der Waals surface area contributed by atoms with Crippen LogP contribution in [0, 0.1) is 11.3 Å². The van der Waals surface area contributed by atoms with E-state index in [1.54, 1.807) is 0 Å². The van der Waals surface area contributed by atoms with Gasteiger partial charge in [0.1, 0.15) is 0 Å². The van der Waals surface area contributed by atoms with Gasteiger partial charge >= 0.3 is 0 Å². The first-order valence-electron chi connectivity index (χ1n) is 8.24. The number of fused-ring (bicyclic) bond motifs is 1. The number of amides is 1. The summed E-state index contributed by atoms with van der Waals surface area (Å²) in [6.45, 7) is 2.89. The largest absolute Gasteiger partial charge is 0.396 e. The fourth-order valence-corrected chi connectivity index (χ4v) is 3.76. The summed E-state index contributed by atoms with van der Waals surface area (Å²) in [5.41, 5.74) is 1.07. The van der Waals surface area contributed by atoms with Crippen LogP contribution in [0.2, 0.25) is 0 Å². The van der Waals surface area contributed by atoms with Gasteiger partial charge in [-0.25, -0.2) is 0 Å². The van der Waals surface area contributed by atoms with Gasteiger partial charge in [-0.15, -0.1) is 0 Å². The molecule has 1 amide bonds. The van der Waals surface area contributed by atoms with Crippen molar-refractivity contribution in [1.29, 1.82) is 0 Å². The fourth-order valence-electron chi connectivity index (χ4n) is 3.76. The molecule has 2 saturated heterocycles. The van der Waals surface area contributed by atoms with Crippen LogP contribution in [0.25, 0.3) is 0 Å². The predicted molar refractivity (Wildman–Crippen MR) is 84.4 cm³/mol. The van der Waals surface area contributed by atoms with Gasteiger partial charge in [-0.05, 0) is 30.7 Å². The number of aryl methyl sites for hydroxylation is 1. The highest BCUT2D eigenvalue weighted by Gasteiger charge is 2.49. The van der Waals surface area contributed by atoms with Crippen molar-refractivity contribution in [3.8, 4) is 0 Å². The Balaban J connectivity index is 1.51. The minimum atomic E-state index is -0.215. The van der Waals surface area contributed by atoms with Crippen LogP contribution >= 0.6 is 0 Å². The third kappa shape index (κ3) is 3.18. The normalized spacial score (nSPS) is 27.7. The van der Waals surface area contributed by atoms with E-state index in [0.29, 0.717) is 25.5 Å². The number of rotatable bonds is 5. The van der Waals surface area contributed by atoms with Crippen molar-refractivity contribution >= 4 is 5.91 Å². The lowest BCUT2D eigenvalue weighted by Gasteiger charge is -2.36. The maximum atomic E-state index is 12.4. The van der Waals surface area contributed by atoms with Crippen LogP contribution in [-0.4, -0.2) is 48.8 Å². The zero-order chi connectivity index (χ0) is 15.4. The van der Waals surface area contributed by atoms with E-state index in [-0.39, 0.29) is 17.9 Å². The third-order valence-corrected chi connectivity index (χ3v) is 5.18. The van der Waals surface area contributed by atoms with Crippen molar-refractivity contribution in [2.24, 2.45) is 11.3 Å². The van der Waals surface area contributed by atoms with Crippen LogP contribution in [0.15, 0.2) is 30.3 Å². The van der Waals surface area contributed by atoms with E-state index in [1.807, 2.05) is 23.1 Å². The topological polar surface area (TPSA) is 49.8 Å². The Morgan fingerprint density at radius 3 is 2.91 bits per heavy atom. The molecule has 2 atom stereocenters. The summed E-state index contributed by atoms with van der Waals surface area (Å²) in [4.78, 5) is 14.4. The molecule has 1 aromatic carbocycles. The number of carbonyl (C=O) groups is 1. The summed E-state index contributed by atoms with van der Waals surface area (Å²) in [7, 11) is 0. The molecular weight excluding hydrogens is 278 g/mol. The highest BCUT2D eigenvalue weighted by molar-refractivity contribution is 5.76. The maximum absolute atomic E-state index is 12.4. The maximum Gasteiger partial charge on any atom is 0.222 e. The molecule has 2 heterocycles. The average molecular weight is 303 g/mol. The molecule has 4 heteroatoms. The predicted octanol–water partition coefficient (Wildman–Crippen LogP) is 1.87. The minimum absolute atomic E-state index is 0.117. The molecular formula is C18H25NO3. The van der Waals surface area contributed by atoms with E-state index >= 15 is 0 Å². The van der Waals surface area contributed by atoms with E-state index in [9.17, 15) is 9.90 Å². The third-order valence-electron chi connectivity index (χ3n) is 5.18. The van der Waals surface area contributed by atoms with Crippen LogP contribution < -0.4 is 0 Å². The Morgan fingerprint density at radius 1 is 1.36 bits per heavy atom. The van der Waals surface area contributed by atoms with Crippen molar-refractivity contribution in [2.75, 3.05) is 32.9 Å². The Hall–Kier alpha value is -1.39. The van der Waals surface area contributed by atoms with Crippen LogP contribution in [-0.2, 0) is 16.0 Å². The number of hydrogen-bond acceptors (Lipinski definition) is 3. The van der Waals surface area contributed by atoms with Crippen LogP contribution in [0.3, 0.4) is 0 Å². The molecule has 0 radical (unpaired) electrons. The Kier molecular flexibility index (Phi) is 4.79. The van der Waals surface area contributed by atoms with Gasteiger partial charge in [0.2, 0.25) is 5.91 Å². The molecule has 2 aliphatic heterocycles. The molecule has 0 spiro atoms. The molecule has 0 aliphatic carbocycles. The fraction of sp³-hybridized carbons (Fsp3) is 0.611. The Morgan fingerprint density at radius 2 is 2.18 bits per heavy atom. The lowest BCUT2D eigenvalue weighted by atomic mass is 9.76. The number of hydrogen-bond donors (Lipinski definition) is 1. The quantitative estimate of drug-likeness (QED) is 0.903. The molecule has 1 aromatic rings. The monoisotopic (exact) mass is 303 g/mol. The SMILES string of the molecule is O=C(CCCc1ccccc1)N1C[C@@H]2CCOC[C@]2(CO)C1. The van der Waals surface area contributed by atoms with Crippen molar-refractivity contribution in [2.45, 2.75) is 25.7 Å². The highest BCUT2D eigenvalue weighted by Crippen LogP contribution is 2.41. The van der Waals surface area contributed by atoms with Gasteiger partial charge in [0.25, 0.3) is 0 Å². The summed E-state index contributed by atoms with van der Waals surface area (Å²) in [5, 5.41) is 9.76. The number of aliphatic hydroxyl groups excluding tert-OH is 1. The van der Waals surface area contributed by atoms with Gasteiger partial charge in [-0.1, -0.05) is 30.3 Å². The number of nitrogens with zero attached hydrogens (tertiary/aromatic N) is 1. The van der Waals surface area contributed by atoms with Gasteiger partial charge < -0.3 is 14.7 Å². The van der Waals surface area contributed by atoms with E-state index in [0.717, 1.165) is 32.4 Å². The standard InChI is InChI=1S/C18H25NO3/c20-13-18-12-19(11-16(18)9-10-22-14-18)17(21)8-4-7-15-5-2-1-3-6-15/h1-3,5-6,16,20H,4,7-14H2/t16-,18+/m0/s1. The molecule has 22 heavy (non-hydrogen) atoms. The van der Waals surface area contributed by atoms with E-state index in [2.05, 4.69) is 12.1 Å². The number of likely N-dealkylation sites (tertiary alicyclic amines) is 1. The summed E-state index contributed by atoms with van der Waals surface area (Å²) >= 11 is 0. The molecule has 120 valence electrons. The van der Waals surface area contributed by atoms with E-state index in [1.165, 1.54) is 5.56 Å². The summed E-state index contributed by atoms with van der Waals surface area (Å²) < 4.78 is 5.55. The van der Waals surface area contributed by atoms with Gasteiger partial charge in [0.15, 0.2) is 0 Å². The second kappa shape index (κ2) is 6.80. The Labute approximate surface area is 132 Å². The number of benzene rings is 1.